The molecule has 7 nitrogen and oxygen atoms in total. The lowest BCUT2D eigenvalue weighted by molar-refractivity contribution is -0.124. The zero-order chi connectivity index (χ0) is 20.9. The summed E-state index contributed by atoms with van der Waals surface area (Å²) in [6.45, 7) is 12.0. The van der Waals surface area contributed by atoms with Crippen molar-refractivity contribution >= 4 is 12.0 Å². The van der Waals surface area contributed by atoms with E-state index in [1.165, 1.54) is 0 Å². The molecule has 0 spiro atoms. The molecule has 0 aromatic heterocycles. The van der Waals surface area contributed by atoms with Crippen LogP contribution in [0.1, 0.15) is 20.3 Å². The molecule has 1 N–H and O–H groups in total. The molecule has 1 heterocycles. The molecule has 8 heteroatoms. The average molecular weight is 394 g/mol. The second-order valence-corrected chi connectivity index (χ2v) is 6.07. The first-order valence-corrected chi connectivity index (χ1v) is 8.92. The van der Waals surface area contributed by atoms with Gasteiger partial charge in [-0.25, -0.2) is 9.18 Å². The molecule has 154 valence electrons. The monoisotopic (exact) mass is 394 g/mol. The highest BCUT2D eigenvalue weighted by atomic mass is 19.1. The minimum atomic E-state index is -0.616. The van der Waals surface area contributed by atoms with Crippen LogP contribution in [0.5, 0.6) is 0 Å². The normalized spacial score (nSPS) is 16.0. The molecule has 1 fully saturated rings. The highest BCUT2D eigenvalue weighted by molar-refractivity contribution is 5.93. The summed E-state index contributed by atoms with van der Waals surface area (Å²) < 4.78 is 28.8. The first-order valence-electron chi connectivity index (χ1n) is 8.92. The number of nitrogens with one attached hydrogen (secondary N) is 1. The maximum Gasteiger partial charge on any atom is 0.407 e. The molecule has 0 aromatic carbocycles. The number of amides is 2. The molecule has 0 radical (unpaired) electrons. The lowest BCUT2D eigenvalue weighted by Crippen LogP contribution is -2.34. The van der Waals surface area contributed by atoms with Gasteiger partial charge in [0.2, 0.25) is 0 Å². The molecule has 0 saturated carbocycles. The number of alkyl carbamates (subject to hydrolysis) is 1. The average Bonchev–Trinajstić information content (AvgIpc) is 3.08. The summed E-state index contributed by atoms with van der Waals surface area (Å²) in [5.74, 6) is 4.46. The van der Waals surface area contributed by atoms with Crippen LogP contribution in [0.4, 0.5) is 9.18 Å². The number of carbonyl (C=O) groups excluding carboxylic acids is 2. The van der Waals surface area contributed by atoms with Crippen LogP contribution in [0.3, 0.4) is 0 Å². The molecule has 1 aliphatic rings. The van der Waals surface area contributed by atoms with Crippen LogP contribution in [-0.2, 0) is 19.0 Å². The van der Waals surface area contributed by atoms with Gasteiger partial charge >= 0.3 is 6.09 Å². The van der Waals surface area contributed by atoms with Crippen LogP contribution in [0.25, 0.3) is 0 Å². The maximum absolute atomic E-state index is 12.8. The van der Waals surface area contributed by atoms with Crippen molar-refractivity contribution in [2.45, 2.75) is 26.4 Å². The quantitative estimate of drug-likeness (QED) is 0.266. The first-order chi connectivity index (χ1) is 13.3. The number of allylic oxidation sites excluding steroid dienone is 3. The molecule has 2 amide bonds. The van der Waals surface area contributed by atoms with Gasteiger partial charge in [-0.3, -0.25) is 4.79 Å². The maximum atomic E-state index is 12.8. The summed E-state index contributed by atoms with van der Waals surface area (Å²) in [7, 11) is 0. The predicted molar refractivity (Wildman–Crippen MR) is 103 cm³/mol. The number of likely N-dealkylation sites (tertiary alicyclic amines) is 1. The lowest BCUT2D eigenvalue weighted by atomic mass is 10.2. The van der Waals surface area contributed by atoms with Crippen molar-refractivity contribution < 1.29 is 28.2 Å². The molecule has 0 bridgehead atoms. The van der Waals surface area contributed by atoms with E-state index in [4.69, 9.17) is 14.2 Å². The van der Waals surface area contributed by atoms with Gasteiger partial charge in [-0.05, 0) is 25.3 Å². The van der Waals surface area contributed by atoms with Crippen LogP contribution in [-0.4, -0.2) is 62.5 Å². The summed E-state index contributed by atoms with van der Waals surface area (Å²) in [5, 5.41) is 2.58. The third-order valence-electron chi connectivity index (χ3n) is 3.65. The van der Waals surface area contributed by atoms with Gasteiger partial charge in [-0.2, -0.15) is 0 Å². The standard InChI is InChI=1S/C20H27FN2O5/c1-5-6-19(24)23-9-7-17(14-23)28-20(25)22-8-10-26-11-12-27-18(15(2)3)13-16(4)21/h13,17H,2,4,7-12,14H2,1,3H3,(H,22,25)/b18-13+. The Morgan fingerprint density at radius 2 is 2.07 bits per heavy atom. The number of hydrogen-bond acceptors (Lipinski definition) is 5. The van der Waals surface area contributed by atoms with Gasteiger partial charge < -0.3 is 24.4 Å². The molecule has 0 aliphatic carbocycles. The Morgan fingerprint density at radius 1 is 1.32 bits per heavy atom. The second-order valence-electron chi connectivity index (χ2n) is 6.07. The number of rotatable bonds is 10. The third kappa shape index (κ3) is 9.24. The van der Waals surface area contributed by atoms with Crippen molar-refractivity contribution in [1.29, 1.82) is 0 Å². The van der Waals surface area contributed by atoms with Crippen LogP contribution < -0.4 is 5.32 Å². The largest absolute Gasteiger partial charge is 0.491 e. The molecule has 1 unspecified atom stereocenters. The van der Waals surface area contributed by atoms with Gasteiger partial charge in [0, 0.05) is 25.6 Å². The summed E-state index contributed by atoms with van der Waals surface area (Å²) in [4.78, 5) is 25.0. The summed E-state index contributed by atoms with van der Waals surface area (Å²) in [6.07, 6.45) is 0.846. The summed E-state index contributed by atoms with van der Waals surface area (Å²) in [6, 6.07) is 0. The second kappa shape index (κ2) is 12.6. The van der Waals surface area contributed by atoms with Crippen LogP contribution in [0.2, 0.25) is 0 Å². The van der Waals surface area contributed by atoms with E-state index in [1.54, 1.807) is 18.7 Å². The van der Waals surface area contributed by atoms with Gasteiger partial charge in [0.25, 0.3) is 5.91 Å². The Labute approximate surface area is 165 Å². The molecule has 28 heavy (non-hydrogen) atoms. The van der Waals surface area contributed by atoms with E-state index in [-0.39, 0.29) is 38.4 Å². The van der Waals surface area contributed by atoms with E-state index in [0.29, 0.717) is 30.8 Å². The molecule has 0 aromatic rings. The third-order valence-corrected chi connectivity index (χ3v) is 3.65. The SMILES string of the molecule is C=C(F)/C=C(/OCCOCCNC(=O)OC1CCN(C(=O)C#CC)C1)C(=C)C. The molecule has 1 rings (SSSR count). The fraction of sp³-hybridized carbons (Fsp3) is 0.500. The molecular formula is C20H27FN2O5. The zero-order valence-electron chi connectivity index (χ0n) is 16.4. The molecule has 1 aliphatic heterocycles. The Morgan fingerprint density at radius 3 is 2.71 bits per heavy atom. The zero-order valence-corrected chi connectivity index (χ0v) is 16.4. The topological polar surface area (TPSA) is 77.1 Å². The van der Waals surface area contributed by atoms with Crippen molar-refractivity contribution in [3.05, 3.63) is 36.4 Å². The fourth-order valence-corrected chi connectivity index (χ4v) is 2.36. The van der Waals surface area contributed by atoms with Crippen molar-refractivity contribution in [2.75, 3.05) is 39.5 Å². The van der Waals surface area contributed by atoms with E-state index in [0.717, 1.165) is 6.08 Å². The lowest BCUT2D eigenvalue weighted by Gasteiger charge is -2.14. The Hall–Kier alpha value is -2.79. The molecule has 1 saturated heterocycles. The van der Waals surface area contributed by atoms with E-state index in [1.807, 2.05) is 0 Å². The van der Waals surface area contributed by atoms with Crippen molar-refractivity contribution in [3.63, 3.8) is 0 Å². The Balaban J connectivity index is 2.12. The predicted octanol–water partition coefficient (Wildman–Crippen LogP) is 2.31. The van der Waals surface area contributed by atoms with Gasteiger partial charge in [-0.15, -0.1) is 0 Å². The van der Waals surface area contributed by atoms with Crippen molar-refractivity contribution in [2.24, 2.45) is 0 Å². The smallest absolute Gasteiger partial charge is 0.407 e. The summed E-state index contributed by atoms with van der Waals surface area (Å²) >= 11 is 0. The number of halogens is 1. The Kier molecular flexibility index (Phi) is 10.4. The first kappa shape index (κ1) is 23.2. The van der Waals surface area contributed by atoms with Crippen LogP contribution in [0, 0.1) is 11.8 Å². The van der Waals surface area contributed by atoms with Crippen LogP contribution in [0.15, 0.2) is 36.4 Å². The number of nitrogens with zero attached hydrogens (tertiary/aromatic N) is 1. The minimum absolute atomic E-state index is 0.211. The molecule has 1 atom stereocenters. The van der Waals surface area contributed by atoms with Gasteiger partial charge in [0.1, 0.15) is 24.3 Å². The van der Waals surface area contributed by atoms with Crippen LogP contribution >= 0.6 is 0 Å². The highest BCUT2D eigenvalue weighted by Crippen LogP contribution is 2.13. The molecular weight excluding hydrogens is 367 g/mol. The number of hydrogen-bond donors (Lipinski definition) is 1. The van der Waals surface area contributed by atoms with Crippen molar-refractivity contribution in [3.8, 4) is 11.8 Å². The van der Waals surface area contributed by atoms with E-state index < -0.39 is 11.9 Å². The highest BCUT2D eigenvalue weighted by Gasteiger charge is 2.28. The van der Waals surface area contributed by atoms with Gasteiger partial charge in [0.15, 0.2) is 0 Å². The van der Waals surface area contributed by atoms with E-state index in [9.17, 15) is 14.0 Å². The van der Waals surface area contributed by atoms with E-state index >= 15 is 0 Å². The Bertz CT molecular complexity index is 678. The van der Waals surface area contributed by atoms with Crippen molar-refractivity contribution in [1.82, 2.24) is 10.2 Å². The van der Waals surface area contributed by atoms with Gasteiger partial charge in [0.05, 0.1) is 19.8 Å². The summed E-state index contributed by atoms with van der Waals surface area (Å²) in [5.41, 5.74) is 0.581. The number of ether oxygens (including phenoxy) is 3. The van der Waals surface area contributed by atoms with Gasteiger partial charge in [-0.1, -0.05) is 19.1 Å². The van der Waals surface area contributed by atoms with E-state index in [2.05, 4.69) is 30.3 Å². The minimum Gasteiger partial charge on any atom is -0.491 e. The fourth-order valence-electron chi connectivity index (χ4n) is 2.36. The number of carbonyl (C=O) groups is 2.